The summed E-state index contributed by atoms with van der Waals surface area (Å²) in [7, 11) is 3.63. The zero-order valence-corrected chi connectivity index (χ0v) is 8.07. The first-order chi connectivity index (χ1) is 2.56. The second kappa shape index (κ2) is 4.19. The Labute approximate surface area is 69.8 Å². The Morgan fingerprint density at radius 2 is 1.57 bits per heavy atom. The fourth-order valence-corrected chi connectivity index (χ4v) is 0. The van der Waals surface area contributed by atoms with E-state index in [1.165, 1.54) is 0 Å². The average Bonchev–Trinajstić information content (AvgIpc) is 1.35. The fraction of sp³-hybridized carbons (Fsp3) is 1.00. The molecule has 0 aromatic carbocycles. The van der Waals surface area contributed by atoms with Crippen LogP contribution in [-0.4, -0.2) is 24.1 Å². The third-order valence-electron chi connectivity index (χ3n) is 0.284. The number of nitrogens with zero attached hydrogens (tertiary/aromatic N) is 1. The van der Waals surface area contributed by atoms with Crippen LogP contribution >= 0.6 is 23.4 Å². The van der Waals surface area contributed by atoms with Crippen molar-refractivity contribution in [3.8, 4) is 0 Å². The molecule has 0 aliphatic rings. The Bertz CT molecular complexity index is 42.7. The van der Waals surface area contributed by atoms with E-state index in [1.807, 2.05) is 14.1 Å². The summed E-state index contributed by atoms with van der Waals surface area (Å²) in [5.74, 6) is 0. The Balaban J connectivity index is 0. The van der Waals surface area contributed by atoms with Gasteiger partial charge < -0.3 is 0 Å². The van der Waals surface area contributed by atoms with Crippen LogP contribution in [0.25, 0.3) is 0 Å². The first-order valence-electron chi connectivity index (χ1n) is 1.65. The maximum Gasteiger partial charge on any atom is 0.170 e. The van der Waals surface area contributed by atoms with Crippen molar-refractivity contribution >= 4 is 23.4 Å². The first kappa shape index (κ1) is 11.1. The Morgan fingerprint density at radius 3 is 1.57 bits per heavy atom. The van der Waals surface area contributed by atoms with Crippen LogP contribution in [0.2, 0.25) is 0 Å². The van der Waals surface area contributed by atoms with Gasteiger partial charge in [0.2, 0.25) is 0 Å². The first-order valence-corrected chi connectivity index (χ1v) is 2.52. The molecule has 0 bridgehead atoms. The number of hydrogen-bond donors (Lipinski definition) is 0. The van der Waals surface area contributed by atoms with Crippen molar-refractivity contribution in [3.63, 3.8) is 0 Å². The molecule has 0 aromatic rings. The summed E-state index contributed by atoms with van der Waals surface area (Å²) >= 11 is 10.8. The minimum absolute atomic E-state index is 0. The molecule has 43 valence electrons. The Morgan fingerprint density at radius 1 is 1.43 bits per heavy atom. The van der Waals surface area contributed by atoms with Gasteiger partial charge in [0.15, 0.2) is 17.8 Å². The van der Waals surface area contributed by atoms with Crippen LogP contribution in [0.4, 0.5) is 0 Å². The van der Waals surface area contributed by atoms with Gasteiger partial charge in [-0.15, -0.1) is 0 Å². The molecule has 0 rings (SSSR count). The van der Waals surface area contributed by atoms with Crippen LogP contribution in [0.1, 0.15) is 0 Å². The quantitative estimate of drug-likeness (QED) is 0.272. The monoisotopic (exact) mass is 221 g/mol. The molecule has 0 unspecified atom stereocenters. The van der Waals surface area contributed by atoms with Crippen molar-refractivity contribution in [2.24, 2.45) is 0 Å². The summed E-state index contributed by atoms with van der Waals surface area (Å²) in [6.45, 7) is 0. The number of halogens is 2. The predicted molar refractivity (Wildman–Crippen MR) is 28.7 cm³/mol. The summed E-state index contributed by atoms with van der Waals surface area (Å²) < 4.78 is 0.307. The van der Waals surface area contributed by atoms with Gasteiger partial charge in [-0.3, -0.25) is 0 Å². The summed E-state index contributed by atoms with van der Waals surface area (Å²) in [4.78, 5) is 0. The smallest absolute Gasteiger partial charge is 0.170 e. The molecule has 0 aliphatic carbocycles. The van der Waals surface area contributed by atoms with Crippen molar-refractivity contribution in [1.82, 2.24) is 0 Å². The molecule has 0 spiro atoms. The molecule has 0 heterocycles. The van der Waals surface area contributed by atoms with E-state index in [4.69, 9.17) is 23.4 Å². The third-order valence-corrected chi connectivity index (χ3v) is 1.12. The summed E-state index contributed by atoms with van der Waals surface area (Å²) in [5.41, 5.74) is 0. The molecular formula is C3H8Cl2NNb+. The van der Waals surface area contributed by atoms with Crippen molar-refractivity contribution in [1.29, 1.82) is 0 Å². The van der Waals surface area contributed by atoms with Gasteiger partial charge in [-0.05, 0) is 0 Å². The molecule has 0 saturated carbocycles. The normalized spacial score (nSPS) is 10.3. The van der Waals surface area contributed by atoms with Crippen LogP contribution in [-0.2, 0) is 22.4 Å². The number of alkyl halides is 1. The molecule has 0 amide bonds. The molecule has 0 N–H and O–H groups in total. The Kier molecular flexibility index (Phi) is 6.66. The molecule has 7 heavy (non-hydrogen) atoms. The van der Waals surface area contributed by atoms with E-state index in [-0.39, 0.29) is 22.4 Å². The van der Waals surface area contributed by atoms with E-state index < -0.39 is 0 Å². The summed E-state index contributed by atoms with van der Waals surface area (Å²) in [5, 5.41) is 0. The van der Waals surface area contributed by atoms with E-state index >= 15 is 0 Å². The van der Waals surface area contributed by atoms with E-state index in [2.05, 4.69) is 0 Å². The van der Waals surface area contributed by atoms with Gasteiger partial charge in [0.25, 0.3) is 0 Å². The maximum absolute atomic E-state index is 5.52. The van der Waals surface area contributed by atoms with Crippen molar-refractivity contribution < 1.29 is 26.4 Å². The van der Waals surface area contributed by atoms with Crippen molar-refractivity contribution in [2.75, 3.05) is 20.1 Å². The van der Waals surface area contributed by atoms with Gasteiger partial charge in [-0.25, -0.2) is 4.00 Å². The molecule has 1 radical (unpaired) electrons. The molecule has 4 heteroatoms. The van der Waals surface area contributed by atoms with E-state index in [9.17, 15) is 0 Å². The number of hydrogen-bond acceptors (Lipinski definition) is 0. The standard InChI is InChI=1S/C3H8Cl2N.Nb/c1-6(2,5)3-4;/h3H2,1-2H3;/q+1;. The minimum Gasteiger partial charge on any atom is -0.214 e. The van der Waals surface area contributed by atoms with E-state index in [0.29, 0.717) is 10.0 Å². The average molecular weight is 222 g/mol. The molecule has 1 nitrogen and oxygen atoms in total. The number of quaternary nitrogens is 1. The topological polar surface area (TPSA) is 0 Å². The van der Waals surface area contributed by atoms with Crippen molar-refractivity contribution in [3.05, 3.63) is 0 Å². The van der Waals surface area contributed by atoms with Gasteiger partial charge in [-0.1, -0.05) is 11.6 Å². The second-order valence-electron chi connectivity index (χ2n) is 1.66. The minimum atomic E-state index is 0. The van der Waals surface area contributed by atoms with Crippen LogP contribution in [0, 0.1) is 0 Å². The van der Waals surface area contributed by atoms with Crippen LogP contribution in [0.5, 0.6) is 0 Å². The number of rotatable bonds is 1. The molecule has 0 fully saturated rings. The third kappa shape index (κ3) is 11.1. The summed E-state index contributed by atoms with van der Waals surface area (Å²) in [6, 6.07) is 0.446. The van der Waals surface area contributed by atoms with Crippen LogP contribution in [0.15, 0.2) is 0 Å². The maximum atomic E-state index is 5.52. The molecule has 0 aromatic heterocycles. The van der Waals surface area contributed by atoms with E-state index in [1.54, 1.807) is 0 Å². The molecule has 0 saturated heterocycles. The van der Waals surface area contributed by atoms with Gasteiger partial charge >= 0.3 is 0 Å². The van der Waals surface area contributed by atoms with Crippen molar-refractivity contribution in [2.45, 2.75) is 0 Å². The van der Waals surface area contributed by atoms with E-state index in [0.717, 1.165) is 0 Å². The zero-order valence-electron chi connectivity index (χ0n) is 4.36. The van der Waals surface area contributed by atoms with Crippen LogP contribution < -0.4 is 0 Å². The van der Waals surface area contributed by atoms with Gasteiger partial charge in [0.05, 0.1) is 14.1 Å². The fourth-order valence-electron chi connectivity index (χ4n) is 0. The molecule has 0 atom stereocenters. The largest absolute Gasteiger partial charge is 0.214 e. The van der Waals surface area contributed by atoms with Gasteiger partial charge in [-0.2, -0.15) is 0 Å². The SMILES string of the molecule is C[N+](C)(Cl)CCl.[Nb]. The Hall–Kier alpha value is 1.28. The molecular weight excluding hydrogens is 214 g/mol. The summed E-state index contributed by atoms with van der Waals surface area (Å²) in [6.07, 6.45) is 0. The van der Waals surface area contributed by atoms with Gasteiger partial charge in [0.1, 0.15) is 0 Å². The van der Waals surface area contributed by atoms with Gasteiger partial charge in [0, 0.05) is 22.4 Å². The predicted octanol–water partition coefficient (Wildman–Crippen LogP) is 1.41. The van der Waals surface area contributed by atoms with Crippen LogP contribution in [0.3, 0.4) is 0 Å². The molecule has 0 aliphatic heterocycles. The second-order valence-corrected chi connectivity index (χ2v) is 2.81. The zero-order chi connectivity index (χ0) is 5.21.